The molecular weight excluding hydrogens is 156 g/mol. The van der Waals surface area contributed by atoms with Crippen LogP contribution in [0.25, 0.3) is 0 Å². The van der Waals surface area contributed by atoms with Crippen LogP contribution in [-0.2, 0) is 6.42 Å². The lowest BCUT2D eigenvalue weighted by molar-refractivity contribution is 0.369. The highest BCUT2D eigenvalue weighted by Crippen LogP contribution is 2.09. The van der Waals surface area contributed by atoms with Crippen LogP contribution in [0.15, 0.2) is 13.6 Å². The first-order chi connectivity index (χ1) is 5.74. The maximum absolute atomic E-state index is 10.6. The Kier molecular flexibility index (Phi) is 3.14. The van der Waals surface area contributed by atoms with E-state index in [0.29, 0.717) is 11.5 Å². The molecule has 0 aromatic carbocycles. The summed E-state index contributed by atoms with van der Waals surface area (Å²) < 4.78 is 9.39. The van der Waals surface area contributed by atoms with Gasteiger partial charge in [-0.05, 0) is 6.42 Å². The van der Waals surface area contributed by atoms with Gasteiger partial charge in [0.2, 0.25) is 0 Å². The molecule has 0 N–H and O–H groups in total. The molecule has 0 amide bonds. The Morgan fingerprint density at radius 2 is 2.08 bits per heavy atom. The normalized spacial score (nSPS) is 10.5. The van der Waals surface area contributed by atoms with Gasteiger partial charge in [0.1, 0.15) is 5.76 Å². The Morgan fingerprint density at radius 1 is 1.33 bits per heavy atom. The van der Waals surface area contributed by atoms with E-state index in [2.05, 4.69) is 18.3 Å². The van der Waals surface area contributed by atoms with Gasteiger partial charge in [-0.25, -0.2) is 4.79 Å². The molecule has 0 saturated heterocycles. The largest absolute Gasteiger partial charge is 0.519 e. The van der Waals surface area contributed by atoms with E-state index >= 15 is 0 Å². The second kappa shape index (κ2) is 4.14. The first kappa shape index (κ1) is 9.10. The van der Waals surface area contributed by atoms with Gasteiger partial charge in [0.05, 0.1) is 0 Å². The minimum absolute atomic E-state index is 0.371. The Labute approximate surface area is 71.4 Å². The summed E-state index contributed by atoms with van der Waals surface area (Å²) >= 11 is 0. The van der Waals surface area contributed by atoms with Crippen molar-refractivity contribution in [3.8, 4) is 0 Å². The third-order valence-electron chi connectivity index (χ3n) is 1.73. The Bertz CT molecular complexity index is 282. The Hall–Kier alpha value is -0.990. The van der Waals surface area contributed by atoms with Crippen LogP contribution < -0.4 is 5.82 Å². The zero-order valence-corrected chi connectivity index (χ0v) is 7.26. The zero-order valence-electron chi connectivity index (χ0n) is 7.26. The molecule has 1 aromatic heterocycles. The summed E-state index contributed by atoms with van der Waals surface area (Å²) in [5.74, 6) is 0.316. The first-order valence-electron chi connectivity index (χ1n) is 4.18. The van der Waals surface area contributed by atoms with Crippen LogP contribution in [0.4, 0.5) is 0 Å². The van der Waals surface area contributed by atoms with Crippen LogP contribution in [-0.4, -0.2) is 0 Å². The van der Waals surface area contributed by atoms with Crippen LogP contribution in [0.5, 0.6) is 0 Å². The predicted molar refractivity (Wildman–Crippen MR) is 44.9 cm³/mol. The highest BCUT2D eigenvalue weighted by atomic mass is 16.6. The average molecular weight is 169 g/mol. The molecule has 0 aliphatic carbocycles. The SMILES string of the molecule is [CH2]c1oc(=O)oc1CCCCC. The smallest absolute Gasteiger partial charge is 0.396 e. The third kappa shape index (κ3) is 2.26. The molecule has 0 atom stereocenters. The molecule has 0 aliphatic rings. The van der Waals surface area contributed by atoms with E-state index in [-0.39, 0.29) is 0 Å². The molecule has 12 heavy (non-hydrogen) atoms. The van der Waals surface area contributed by atoms with Crippen molar-refractivity contribution < 1.29 is 8.83 Å². The molecule has 1 heterocycles. The van der Waals surface area contributed by atoms with Gasteiger partial charge in [-0.3, -0.25) is 0 Å². The van der Waals surface area contributed by atoms with E-state index in [1.54, 1.807) is 0 Å². The molecular formula is C9H13O3. The average Bonchev–Trinajstić information content (AvgIpc) is 2.31. The van der Waals surface area contributed by atoms with Crippen molar-refractivity contribution in [2.75, 3.05) is 0 Å². The lowest BCUT2D eigenvalue weighted by Crippen LogP contribution is -1.87. The fourth-order valence-corrected chi connectivity index (χ4v) is 1.06. The van der Waals surface area contributed by atoms with Crippen molar-refractivity contribution in [1.29, 1.82) is 0 Å². The second-order valence-corrected chi connectivity index (χ2v) is 2.76. The monoisotopic (exact) mass is 169 g/mol. The van der Waals surface area contributed by atoms with E-state index < -0.39 is 5.82 Å². The quantitative estimate of drug-likeness (QED) is 0.648. The van der Waals surface area contributed by atoms with Crippen molar-refractivity contribution in [3.63, 3.8) is 0 Å². The van der Waals surface area contributed by atoms with Crippen LogP contribution in [0.3, 0.4) is 0 Å². The molecule has 0 aliphatic heterocycles. The van der Waals surface area contributed by atoms with E-state index in [9.17, 15) is 4.79 Å². The van der Waals surface area contributed by atoms with Crippen molar-refractivity contribution >= 4 is 0 Å². The number of rotatable bonds is 4. The summed E-state index contributed by atoms with van der Waals surface area (Å²) in [6.45, 7) is 5.68. The number of aryl methyl sites for hydroxylation is 1. The van der Waals surface area contributed by atoms with Gasteiger partial charge in [0, 0.05) is 13.3 Å². The summed E-state index contributed by atoms with van der Waals surface area (Å²) in [7, 11) is 0. The standard InChI is InChI=1S/C9H13O3/c1-3-4-5-6-8-7(2)11-9(10)12-8/h2-6H2,1H3. The molecule has 0 spiro atoms. The van der Waals surface area contributed by atoms with E-state index in [4.69, 9.17) is 4.42 Å². The summed E-state index contributed by atoms with van der Waals surface area (Å²) in [6.07, 6.45) is 4.04. The molecule has 0 unspecified atom stereocenters. The maximum Gasteiger partial charge on any atom is 0.519 e. The summed E-state index contributed by atoms with van der Waals surface area (Å²) in [4.78, 5) is 10.6. The lowest BCUT2D eigenvalue weighted by Gasteiger charge is -1.93. The minimum atomic E-state index is -0.647. The summed E-state index contributed by atoms with van der Waals surface area (Å²) in [6, 6.07) is 0. The van der Waals surface area contributed by atoms with Crippen LogP contribution in [0, 0.1) is 6.92 Å². The molecule has 0 bridgehead atoms. The van der Waals surface area contributed by atoms with Gasteiger partial charge in [0.15, 0.2) is 5.76 Å². The summed E-state index contributed by atoms with van der Waals surface area (Å²) in [5.41, 5.74) is 0. The molecule has 1 radical (unpaired) electrons. The van der Waals surface area contributed by atoms with Gasteiger partial charge in [-0.15, -0.1) is 0 Å². The van der Waals surface area contributed by atoms with Crippen molar-refractivity contribution in [2.45, 2.75) is 32.6 Å². The first-order valence-corrected chi connectivity index (χ1v) is 4.18. The Balaban J connectivity index is 2.51. The molecule has 67 valence electrons. The number of hydrogen-bond acceptors (Lipinski definition) is 3. The van der Waals surface area contributed by atoms with E-state index in [0.717, 1.165) is 25.7 Å². The fourth-order valence-electron chi connectivity index (χ4n) is 1.06. The molecule has 3 heteroatoms. The molecule has 0 saturated carbocycles. The van der Waals surface area contributed by atoms with Crippen molar-refractivity contribution in [1.82, 2.24) is 0 Å². The molecule has 1 rings (SSSR count). The molecule has 1 aromatic rings. The topological polar surface area (TPSA) is 43.4 Å². The maximum atomic E-state index is 10.6. The second-order valence-electron chi connectivity index (χ2n) is 2.76. The molecule has 0 fully saturated rings. The number of unbranched alkanes of at least 4 members (excludes halogenated alkanes) is 2. The van der Waals surface area contributed by atoms with Gasteiger partial charge < -0.3 is 8.83 Å². The number of hydrogen-bond donors (Lipinski definition) is 0. The van der Waals surface area contributed by atoms with E-state index in [1.807, 2.05) is 0 Å². The van der Waals surface area contributed by atoms with Gasteiger partial charge in [0.25, 0.3) is 0 Å². The fraction of sp³-hybridized carbons (Fsp3) is 0.556. The zero-order chi connectivity index (χ0) is 8.97. The summed E-state index contributed by atoms with van der Waals surface area (Å²) in [5, 5.41) is 0. The molecule has 3 nitrogen and oxygen atoms in total. The highest BCUT2D eigenvalue weighted by Gasteiger charge is 2.06. The van der Waals surface area contributed by atoms with Gasteiger partial charge >= 0.3 is 5.82 Å². The Morgan fingerprint density at radius 3 is 2.58 bits per heavy atom. The van der Waals surface area contributed by atoms with E-state index in [1.165, 1.54) is 0 Å². The van der Waals surface area contributed by atoms with Gasteiger partial charge in [-0.1, -0.05) is 19.8 Å². The third-order valence-corrected chi connectivity index (χ3v) is 1.73. The van der Waals surface area contributed by atoms with Crippen LogP contribution >= 0.6 is 0 Å². The minimum Gasteiger partial charge on any atom is -0.396 e. The lowest BCUT2D eigenvalue weighted by atomic mass is 10.1. The van der Waals surface area contributed by atoms with Crippen molar-refractivity contribution in [2.24, 2.45) is 0 Å². The van der Waals surface area contributed by atoms with Crippen molar-refractivity contribution in [3.05, 3.63) is 29.1 Å². The highest BCUT2D eigenvalue weighted by molar-refractivity contribution is 5.06. The van der Waals surface area contributed by atoms with Crippen LogP contribution in [0.1, 0.15) is 37.7 Å². The predicted octanol–water partition coefficient (Wildman–Crippen LogP) is 2.15. The van der Waals surface area contributed by atoms with Gasteiger partial charge in [-0.2, -0.15) is 0 Å². The van der Waals surface area contributed by atoms with Crippen LogP contribution in [0.2, 0.25) is 0 Å².